The Bertz CT molecular complexity index is 816. The topological polar surface area (TPSA) is 102 Å². The predicted octanol–water partition coefficient (Wildman–Crippen LogP) is 2.04. The fourth-order valence-corrected chi connectivity index (χ4v) is 2.66. The lowest BCUT2D eigenvalue weighted by molar-refractivity contribution is 0.0972. The van der Waals surface area contributed by atoms with Gasteiger partial charge in [-0.1, -0.05) is 6.07 Å². The average molecular weight is 388 g/mol. The van der Waals surface area contributed by atoms with Crippen molar-refractivity contribution in [2.45, 2.75) is 19.9 Å². The van der Waals surface area contributed by atoms with Crippen LogP contribution >= 0.6 is 0 Å². The Morgan fingerprint density at radius 3 is 2.57 bits per heavy atom. The zero-order valence-electron chi connectivity index (χ0n) is 16.8. The summed E-state index contributed by atoms with van der Waals surface area (Å²) in [7, 11) is 5.22. The Morgan fingerprint density at radius 2 is 1.96 bits per heavy atom. The molecule has 152 valence electrons. The van der Waals surface area contributed by atoms with E-state index in [0.29, 0.717) is 23.8 Å². The number of carbonyl (C=O) groups excluding carboxylic acids is 1. The summed E-state index contributed by atoms with van der Waals surface area (Å²) in [5.74, 6) is 2.30. The zero-order valence-corrected chi connectivity index (χ0v) is 16.8. The van der Waals surface area contributed by atoms with E-state index < -0.39 is 5.91 Å². The first kappa shape index (κ1) is 21.1. The number of likely N-dealkylation sites (N-methyl/N-ethyl adjacent to an activating group) is 1. The van der Waals surface area contributed by atoms with Crippen LogP contribution in [-0.4, -0.2) is 51.1 Å². The molecule has 8 heteroatoms. The molecule has 2 aromatic rings. The number of nitrogens with one attached hydrogen (secondary N) is 1. The number of ether oxygens (including phenoxy) is 2. The lowest BCUT2D eigenvalue weighted by atomic mass is 10.1. The maximum absolute atomic E-state index is 11.1. The lowest BCUT2D eigenvalue weighted by Gasteiger charge is -2.22. The van der Waals surface area contributed by atoms with E-state index >= 15 is 0 Å². The third kappa shape index (κ3) is 5.67. The van der Waals surface area contributed by atoms with Crippen LogP contribution in [0.1, 0.15) is 28.8 Å². The number of methoxy groups -OCH3 is 2. The molecule has 1 aromatic heterocycles. The van der Waals surface area contributed by atoms with Gasteiger partial charge in [-0.2, -0.15) is 0 Å². The summed E-state index contributed by atoms with van der Waals surface area (Å²) in [5, 5.41) is 3.26. The molecule has 0 unspecified atom stereocenters. The summed E-state index contributed by atoms with van der Waals surface area (Å²) < 4.78 is 16.0. The second kappa shape index (κ2) is 10.2. The van der Waals surface area contributed by atoms with Gasteiger partial charge in [0.1, 0.15) is 12.3 Å². The third-order valence-electron chi connectivity index (χ3n) is 4.17. The molecule has 0 radical (unpaired) electrons. The van der Waals surface area contributed by atoms with Gasteiger partial charge in [-0.25, -0.2) is 4.99 Å². The Morgan fingerprint density at radius 1 is 1.21 bits per heavy atom. The first-order valence-corrected chi connectivity index (χ1v) is 9.07. The van der Waals surface area contributed by atoms with E-state index in [0.717, 1.165) is 31.0 Å². The lowest BCUT2D eigenvalue weighted by Crippen LogP contribution is -2.39. The first-order chi connectivity index (χ1) is 13.5. The molecule has 0 fully saturated rings. The largest absolute Gasteiger partial charge is 0.493 e. The van der Waals surface area contributed by atoms with Crippen LogP contribution in [-0.2, 0) is 13.0 Å². The van der Waals surface area contributed by atoms with Gasteiger partial charge in [0.25, 0.3) is 5.91 Å². The molecule has 1 aromatic carbocycles. The Balaban J connectivity index is 2.01. The van der Waals surface area contributed by atoms with E-state index in [1.54, 1.807) is 26.4 Å². The van der Waals surface area contributed by atoms with Crippen molar-refractivity contribution < 1.29 is 18.7 Å². The molecule has 0 aliphatic carbocycles. The highest BCUT2D eigenvalue weighted by atomic mass is 16.5. The maximum Gasteiger partial charge on any atom is 0.284 e. The number of furan rings is 1. The predicted molar refractivity (Wildman–Crippen MR) is 108 cm³/mol. The van der Waals surface area contributed by atoms with Crippen LogP contribution in [0.15, 0.2) is 39.7 Å². The number of rotatable bonds is 9. The van der Waals surface area contributed by atoms with Crippen molar-refractivity contribution in [1.29, 1.82) is 0 Å². The Hall–Kier alpha value is -3.16. The van der Waals surface area contributed by atoms with E-state index in [1.807, 2.05) is 37.1 Å². The molecule has 1 amide bonds. The van der Waals surface area contributed by atoms with Crippen LogP contribution in [0.25, 0.3) is 0 Å². The molecule has 0 aliphatic heterocycles. The second-order valence-electron chi connectivity index (χ2n) is 6.16. The molecular weight excluding hydrogens is 360 g/mol. The minimum Gasteiger partial charge on any atom is -0.493 e. The zero-order chi connectivity index (χ0) is 20.5. The minimum atomic E-state index is -0.589. The Kier molecular flexibility index (Phi) is 7.74. The summed E-state index contributed by atoms with van der Waals surface area (Å²) in [6.45, 7) is 3.82. The molecule has 8 nitrogen and oxygen atoms in total. The van der Waals surface area contributed by atoms with Crippen LogP contribution in [0.3, 0.4) is 0 Å². The van der Waals surface area contributed by atoms with Crippen LogP contribution < -0.4 is 20.5 Å². The highest BCUT2D eigenvalue weighted by Gasteiger charge is 2.10. The molecule has 0 bridgehead atoms. The van der Waals surface area contributed by atoms with Gasteiger partial charge in [0.15, 0.2) is 23.2 Å². The second-order valence-corrected chi connectivity index (χ2v) is 6.16. The van der Waals surface area contributed by atoms with E-state index in [1.165, 1.54) is 0 Å². The standard InChI is InChI=1S/C20H28N4O4/c1-5-22-20(23-13-15-7-9-17(28-15)19(21)25)24(2)11-10-14-6-8-16(26-3)18(12-14)27-4/h6-9,12H,5,10-11,13H2,1-4H3,(H2,21,25)(H,22,23). The molecule has 28 heavy (non-hydrogen) atoms. The summed E-state index contributed by atoms with van der Waals surface area (Å²) in [4.78, 5) is 17.7. The van der Waals surface area contributed by atoms with E-state index in [9.17, 15) is 4.79 Å². The summed E-state index contributed by atoms with van der Waals surface area (Å²) in [6.07, 6.45) is 0.813. The van der Waals surface area contributed by atoms with Gasteiger partial charge >= 0.3 is 0 Å². The van der Waals surface area contributed by atoms with Gasteiger partial charge in [0.2, 0.25) is 0 Å². The Labute approximate surface area is 165 Å². The van der Waals surface area contributed by atoms with E-state index in [2.05, 4.69) is 10.3 Å². The third-order valence-corrected chi connectivity index (χ3v) is 4.17. The number of nitrogens with zero attached hydrogens (tertiary/aromatic N) is 2. The normalized spacial score (nSPS) is 11.2. The van der Waals surface area contributed by atoms with Crippen molar-refractivity contribution in [2.75, 3.05) is 34.4 Å². The fraction of sp³-hybridized carbons (Fsp3) is 0.400. The summed E-state index contributed by atoms with van der Waals surface area (Å²) in [6, 6.07) is 9.16. The number of primary amides is 1. The first-order valence-electron chi connectivity index (χ1n) is 9.07. The van der Waals surface area contributed by atoms with E-state index in [4.69, 9.17) is 19.6 Å². The van der Waals surface area contributed by atoms with Crippen LogP contribution in [0.5, 0.6) is 11.5 Å². The van der Waals surface area contributed by atoms with Gasteiger partial charge in [-0.05, 0) is 43.2 Å². The molecule has 1 heterocycles. The number of hydrogen-bond acceptors (Lipinski definition) is 5. The highest BCUT2D eigenvalue weighted by molar-refractivity contribution is 5.89. The SMILES string of the molecule is CCNC(=NCc1ccc(C(N)=O)o1)N(C)CCc1ccc(OC)c(OC)c1. The maximum atomic E-state index is 11.1. The molecule has 0 atom stereocenters. The van der Waals surface area contributed by atoms with Gasteiger partial charge in [-0.3, -0.25) is 4.79 Å². The quantitative estimate of drug-likeness (QED) is 0.503. The number of nitrogens with two attached hydrogens (primary N) is 1. The molecule has 2 rings (SSSR count). The van der Waals surface area contributed by atoms with Crippen molar-refractivity contribution in [1.82, 2.24) is 10.2 Å². The van der Waals surface area contributed by atoms with Crippen LogP contribution in [0.4, 0.5) is 0 Å². The number of carbonyl (C=O) groups is 1. The fourth-order valence-electron chi connectivity index (χ4n) is 2.66. The van der Waals surface area contributed by atoms with Gasteiger partial charge in [0, 0.05) is 20.1 Å². The molecule has 3 N–H and O–H groups in total. The highest BCUT2D eigenvalue weighted by Crippen LogP contribution is 2.27. The molecule has 0 aliphatic rings. The van der Waals surface area contributed by atoms with Crippen molar-refractivity contribution in [3.63, 3.8) is 0 Å². The van der Waals surface area contributed by atoms with Crippen molar-refractivity contribution in [2.24, 2.45) is 10.7 Å². The van der Waals surface area contributed by atoms with Crippen LogP contribution in [0, 0.1) is 0 Å². The number of guanidine groups is 1. The van der Waals surface area contributed by atoms with Crippen LogP contribution in [0.2, 0.25) is 0 Å². The van der Waals surface area contributed by atoms with Gasteiger partial charge in [0.05, 0.1) is 14.2 Å². The molecule has 0 spiro atoms. The monoisotopic (exact) mass is 388 g/mol. The summed E-state index contributed by atoms with van der Waals surface area (Å²) in [5.41, 5.74) is 6.34. The van der Waals surface area contributed by atoms with Crippen molar-refractivity contribution in [3.8, 4) is 11.5 Å². The van der Waals surface area contributed by atoms with Crippen molar-refractivity contribution >= 4 is 11.9 Å². The molecule has 0 saturated carbocycles. The van der Waals surface area contributed by atoms with Crippen molar-refractivity contribution in [3.05, 3.63) is 47.4 Å². The smallest absolute Gasteiger partial charge is 0.284 e. The number of aliphatic imine (C=N–C) groups is 1. The molecular formula is C20H28N4O4. The average Bonchev–Trinajstić information content (AvgIpc) is 3.18. The van der Waals surface area contributed by atoms with Gasteiger partial charge < -0.3 is 29.8 Å². The number of amides is 1. The van der Waals surface area contributed by atoms with Gasteiger partial charge in [-0.15, -0.1) is 0 Å². The van der Waals surface area contributed by atoms with E-state index in [-0.39, 0.29) is 5.76 Å². The summed E-state index contributed by atoms with van der Waals surface area (Å²) >= 11 is 0. The number of hydrogen-bond donors (Lipinski definition) is 2. The molecule has 0 saturated heterocycles. The minimum absolute atomic E-state index is 0.136. The number of benzene rings is 1.